The molecule has 4 heteroatoms. The van der Waals surface area contributed by atoms with E-state index in [1.54, 1.807) is 6.07 Å². The first-order chi connectivity index (χ1) is 6.29. The molecule has 0 unspecified atom stereocenters. The summed E-state index contributed by atoms with van der Waals surface area (Å²) in [6.07, 6.45) is 2.27. The van der Waals surface area contributed by atoms with Crippen LogP contribution in [0.5, 0.6) is 0 Å². The highest BCUT2D eigenvalue weighted by Gasteiger charge is 2.19. The minimum atomic E-state index is -0.175. The van der Waals surface area contributed by atoms with Gasteiger partial charge in [0.15, 0.2) is 0 Å². The van der Waals surface area contributed by atoms with E-state index >= 15 is 0 Å². The van der Waals surface area contributed by atoms with Crippen molar-refractivity contribution in [1.29, 1.82) is 0 Å². The maximum atomic E-state index is 13.2. The number of halogens is 3. The zero-order chi connectivity index (χ0) is 9.26. The molecule has 1 aromatic carbocycles. The van der Waals surface area contributed by atoms with Crippen molar-refractivity contribution >= 4 is 28.3 Å². The number of nitrogens with one attached hydrogen (secondary N) is 1. The standard InChI is InChI=1S/C10H11BrFN.ClH/c11-10-7(3-1-4-8(10)12)9-5-2-6-13-9;/h1,3-4,9,13H,2,5-6H2;1H/t9-;/m0./s1. The van der Waals surface area contributed by atoms with Gasteiger partial charge in [0.05, 0.1) is 4.47 Å². The average molecular weight is 281 g/mol. The second kappa shape index (κ2) is 5.10. The number of benzene rings is 1. The van der Waals surface area contributed by atoms with E-state index in [-0.39, 0.29) is 18.2 Å². The van der Waals surface area contributed by atoms with Gasteiger partial charge in [-0.1, -0.05) is 12.1 Å². The van der Waals surface area contributed by atoms with Crippen LogP contribution in [0.25, 0.3) is 0 Å². The molecule has 1 fully saturated rings. The van der Waals surface area contributed by atoms with E-state index in [0.717, 1.165) is 18.5 Å². The first kappa shape index (κ1) is 12.0. The summed E-state index contributed by atoms with van der Waals surface area (Å²) in [7, 11) is 0. The molecule has 0 radical (unpaired) electrons. The fourth-order valence-electron chi connectivity index (χ4n) is 1.74. The Kier molecular flexibility index (Phi) is 4.35. The third-order valence-electron chi connectivity index (χ3n) is 2.42. The first-order valence-corrected chi connectivity index (χ1v) is 5.25. The Labute approximate surface area is 97.6 Å². The molecule has 1 nitrogen and oxygen atoms in total. The van der Waals surface area contributed by atoms with Crippen LogP contribution in [0, 0.1) is 5.82 Å². The molecule has 1 atom stereocenters. The molecule has 0 spiro atoms. The predicted octanol–water partition coefficient (Wildman–Crippen LogP) is 3.43. The van der Waals surface area contributed by atoms with Gasteiger partial charge in [-0.15, -0.1) is 12.4 Å². The van der Waals surface area contributed by atoms with Crippen LogP contribution in [0.4, 0.5) is 4.39 Å². The predicted molar refractivity (Wildman–Crippen MR) is 61.3 cm³/mol. The van der Waals surface area contributed by atoms with Crippen LogP contribution < -0.4 is 5.32 Å². The van der Waals surface area contributed by atoms with Gasteiger partial charge in [-0.3, -0.25) is 0 Å². The van der Waals surface area contributed by atoms with Gasteiger partial charge in [0, 0.05) is 6.04 Å². The summed E-state index contributed by atoms with van der Waals surface area (Å²) in [5, 5.41) is 3.34. The summed E-state index contributed by atoms with van der Waals surface area (Å²) < 4.78 is 13.8. The molecule has 0 amide bonds. The average Bonchev–Trinajstić information content (AvgIpc) is 2.62. The van der Waals surface area contributed by atoms with E-state index in [0.29, 0.717) is 10.5 Å². The molecule has 2 rings (SSSR count). The van der Waals surface area contributed by atoms with Crippen molar-refractivity contribution in [3.63, 3.8) is 0 Å². The summed E-state index contributed by atoms with van der Waals surface area (Å²) in [6, 6.07) is 5.53. The topological polar surface area (TPSA) is 12.0 Å². The third-order valence-corrected chi connectivity index (χ3v) is 3.25. The summed E-state index contributed by atoms with van der Waals surface area (Å²) in [6.45, 7) is 1.04. The van der Waals surface area contributed by atoms with Crippen LogP contribution in [0.2, 0.25) is 0 Å². The molecule has 0 bridgehead atoms. The molecule has 1 N–H and O–H groups in total. The van der Waals surface area contributed by atoms with E-state index in [1.807, 2.05) is 6.07 Å². The van der Waals surface area contributed by atoms with E-state index in [1.165, 1.54) is 12.5 Å². The number of hydrogen-bond acceptors (Lipinski definition) is 1. The monoisotopic (exact) mass is 279 g/mol. The molecule has 78 valence electrons. The van der Waals surface area contributed by atoms with Crippen LogP contribution in [0.3, 0.4) is 0 Å². The molecule has 1 heterocycles. The van der Waals surface area contributed by atoms with Crippen LogP contribution in [0.1, 0.15) is 24.4 Å². The Balaban J connectivity index is 0.000000980. The van der Waals surface area contributed by atoms with Gasteiger partial charge in [0.1, 0.15) is 5.82 Å². The minimum absolute atomic E-state index is 0. The maximum absolute atomic E-state index is 13.2. The molecule has 1 saturated heterocycles. The van der Waals surface area contributed by atoms with E-state index in [4.69, 9.17) is 0 Å². The molecule has 14 heavy (non-hydrogen) atoms. The molecule has 0 saturated carbocycles. The van der Waals surface area contributed by atoms with E-state index < -0.39 is 0 Å². The molecule has 1 aliphatic rings. The summed E-state index contributed by atoms with van der Waals surface area (Å²) in [5.74, 6) is -0.175. The molecule has 0 aromatic heterocycles. The highest BCUT2D eigenvalue weighted by atomic mass is 79.9. The highest BCUT2D eigenvalue weighted by Crippen LogP contribution is 2.30. The maximum Gasteiger partial charge on any atom is 0.137 e. The quantitative estimate of drug-likeness (QED) is 0.831. The van der Waals surface area contributed by atoms with Crippen molar-refractivity contribution in [2.45, 2.75) is 18.9 Å². The van der Waals surface area contributed by atoms with Crippen LogP contribution in [-0.4, -0.2) is 6.54 Å². The summed E-state index contributed by atoms with van der Waals surface area (Å²) in [4.78, 5) is 0. The number of hydrogen-bond donors (Lipinski definition) is 1. The van der Waals surface area contributed by atoms with Crippen LogP contribution >= 0.6 is 28.3 Å². The molecule has 0 aliphatic carbocycles. The van der Waals surface area contributed by atoms with Crippen molar-refractivity contribution in [1.82, 2.24) is 5.32 Å². The lowest BCUT2D eigenvalue weighted by atomic mass is 10.1. The lowest BCUT2D eigenvalue weighted by Crippen LogP contribution is -2.13. The molecular weight excluding hydrogens is 268 g/mol. The lowest BCUT2D eigenvalue weighted by molar-refractivity contribution is 0.598. The van der Waals surface area contributed by atoms with Crippen molar-refractivity contribution in [2.24, 2.45) is 0 Å². The van der Waals surface area contributed by atoms with E-state index in [9.17, 15) is 4.39 Å². The Bertz CT molecular complexity index is 313. The second-order valence-electron chi connectivity index (χ2n) is 3.29. The van der Waals surface area contributed by atoms with E-state index in [2.05, 4.69) is 21.2 Å². The largest absolute Gasteiger partial charge is 0.310 e. The highest BCUT2D eigenvalue weighted by molar-refractivity contribution is 9.10. The minimum Gasteiger partial charge on any atom is -0.310 e. The Morgan fingerprint density at radius 3 is 2.86 bits per heavy atom. The second-order valence-corrected chi connectivity index (χ2v) is 4.08. The third kappa shape index (κ3) is 2.27. The van der Waals surface area contributed by atoms with Gasteiger partial charge in [0.25, 0.3) is 0 Å². The number of rotatable bonds is 1. The normalized spacial score (nSPS) is 20.6. The van der Waals surface area contributed by atoms with Gasteiger partial charge < -0.3 is 5.32 Å². The van der Waals surface area contributed by atoms with Crippen molar-refractivity contribution in [3.8, 4) is 0 Å². The fourth-order valence-corrected chi connectivity index (χ4v) is 2.28. The first-order valence-electron chi connectivity index (χ1n) is 4.46. The van der Waals surface area contributed by atoms with Crippen molar-refractivity contribution < 1.29 is 4.39 Å². The SMILES string of the molecule is Cl.Fc1cccc([C@@H]2CCCN2)c1Br. The summed E-state index contributed by atoms with van der Waals surface area (Å²) >= 11 is 3.28. The zero-order valence-electron chi connectivity index (χ0n) is 7.59. The molecular formula is C10H12BrClFN. The van der Waals surface area contributed by atoms with Crippen LogP contribution in [-0.2, 0) is 0 Å². The van der Waals surface area contributed by atoms with Gasteiger partial charge in [-0.2, -0.15) is 0 Å². The smallest absolute Gasteiger partial charge is 0.137 e. The van der Waals surface area contributed by atoms with Crippen molar-refractivity contribution in [3.05, 3.63) is 34.1 Å². The van der Waals surface area contributed by atoms with Gasteiger partial charge in [-0.05, 0) is 46.9 Å². The Morgan fingerprint density at radius 1 is 1.43 bits per heavy atom. The Hall–Kier alpha value is -0.120. The Morgan fingerprint density at radius 2 is 2.21 bits per heavy atom. The fraction of sp³-hybridized carbons (Fsp3) is 0.400. The zero-order valence-corrected chi connectivity index (χ0v) is 10.00. The van der Waals surface area contributed by atoms with Gasteiger partial charge in [-0.25, -0.2) is 4.39 Å². The van der Waals surface area contributed by atoms with Crippen LogP contribution in [0.15, 0.2) is 22.7 Å². The molecule has 1 aliphatic heterocycles. The summed E-state index contributed by atoms with van der Waals surface area (Å²) in [5.41, 5.74) is 1.04. The lowest BCUT2D eigenvalue weighted by Gasteiger charge is -2.12. The van der Waals surface area contributed by atoms with Gasteiger partial charge in [0.2, 0.25) is 0 Å². The molecule has 1 aromatic rings. The van der Waals surface area contributed by atoms with Crippen molar-refractivity contribution in [2.75, 3.05) is 6.54 Å². The van der Waals surface area contributed by atoms with Gasteiger partial charge >= 0.3 is 0 Å².